The van der Waals surface area contributed by atoms with E-state index in [1.807, 2.05) is 0 Å². The van der Waals surface area contributed by atoms with Crippen molar-refractivity contribution >= 4 is 5.97 Å². The maximum Gasteiger partial charge on any atom is 1.00 e. The van der Waals surface area contributed by atoms with Crippen molar-refractivity contribution in [1.29, 1.82) is 0 Å². The van der Waals surface area contributed by atoms with Gasteiger partial charge in [0, 0.05) is 0 Å². The van der Waals surface area contributed by atoms with Crippen LogP contribution in [0.4, 0.5) is 61.5 Å². The van der Waals surface area contributed by atoms with Crippen LogP contribution in [0.5, 0.6) is 0 Å². The Hall–Kier alpha value is -0.510. The number of carboxylic acid groups (broad SMARTS) is 1. The molecule has 0 N–H and O–H groups in total. The number of hydrogen-bond acceptors (Lipinski definition) is 2. The fourth-order valence-corrected chi connectivity index (χ4v) is 1.07. The van der Waals surface area contributed by atoms with Crippen molar-refractivity contribution in [2.75, 3.05) is 0 Å². The first-order valence-electron chi connectivity index (χ1n) is 4.90. The molecule has 25 heavy (non-hydrogen) atoms. The molecule has 144 valence electrons. The van der Waals surface area contributed by atoms with Gasteiger partial charge >= 0.3 is 71.5 Å². The summed E-state index contributed by atoms with van der Waals surface area (Å²) in [5.41, 5.74) is 0. The summed E-state index contributed by atoms with van der Waals surface area (Å²) in [6, 6.07) is 0. The van der Waals surface area contributed by atoms with E-state index in [9.17, 15) is 71.4 Å². The minimum absolute atomic E-state index is 0. The number of carbonyl (C=O) groups is 1. The second-order valence-electron chi connectivity index (χ2n) is 4.08. The van der Waals surface area contributed by atoms with Crippen molar-refractivity contribution in [2.45, 2.75) is 42.0 Å². The van der Waals surface area contributed by atoms with Crippen LogP contribution in [0.3, 0.4) is 0 Å². The smallest absolute Gasteiger partial charge is 0.544 e. The zero-order valence-electron chi connectivity index (χ0n) is 11.2. The number of carboxylic acids is 1. The molecule has 17 heteroatoms. The van der Waals surface area contributed by atoms with E-state index in [-0.39, 0.29) is 29.6 Å². The van der Waals surface area contributed by atoms with Crippen molar-refractivity contribution in [1.82, 2.24) is 0 Å². The van der Waals surface area contributed by atoms with Crippen LogP contribution in [0.2, 0.25) is 0 Å². The predicted molar refractivity (Wildman–Crippen MR) is 40.7 cm³/mol. The Bertz CT molecular complexity index is 501. The number of carbonyl (C=O) groups excluding carboxylic acids is 1. The van der Waals surface area contributed by atoms with Crippen LogP contribution in [0, 0.1) is 0 Å². The van der Waals surface area contributed by atoms with Crippen LogP contribution in [-0.2, 0) is 4.79 Å². The Morgan fingerprint density at radius 3 is 1.16 bits per heavy atom. The SMILES string of the molecule is O=C([O-])C(F)(F)C(F)(F)C(F)(F)C(F)(F)C(F)(F)C(F)(F)C(F)F.[Na+]. The van der Waals surface area contributed by atoms with Gasteiger partial charge in [-0.25, -0.2) is 8.78 Å². The van der Waals surface area contributed by atoms with Crippen molar-refractivity contribution in [3.63, 3.8) is 0 Å². The molecular weight excluding hydrogens is 417 g/mol. The van der Waals surface area contributed by atoms with Crippen LogP contribution in [0.25, 0.3) is 0 Å². The summed E-state index contributed by atoms with van der Waals surface area (Å²) in [4.78, 5) is 9.62. The van der Waals surface area contributed by atoms with Gasteiger partial charge in [0.15, 0.2) is 0 Å². The van der Waals surface area contributed by atoms with Gasteiger partial charge in [-0.15, -0.1) is 0 Å². The van der Waals surface area contributed by atoms with Crippen LogP contribution < -0.4 is 34.7 Å². The normalized spacial score (nSPS) is 15.2. The van der Waals surface area contributed by atoms with Gasteiger partial charge in [-0.2, -0.15) is 52.7 Å². The summed E-state index contributed by atoms with van der Waals surface area (Å²) in [5, 5.41) is 9.62. The van der Waals surface area contributed by atoms with Crippen molar-refractivity contribution in [3.8, 4) is 0 Å². The molecule has 0 aromatic carbocycles. The van der Waals surface area contributed by atoms with E-state index < -0.39 is 47.9 Å². The standard InChI is InChI=1S/C8H2F14O2.Na/c9-1(10)3(11,12)5(15,16)7(19,20)8(21,22)6(17,18)4(13,14)2(23)24;/h1H,(H,23,24);/q;+1/p-1. The summed E-state index contributed by atoms with van der Waals surface area (Å²) in [7, 11) is 0. The quantitative estimate of drug-likeness (QED) is 0.426. The molecule has 0 bridgehead atoms. The molecule has 0 heterocycles. The van der Waals surface area contributed by atoms with Gasteiger partial charge in [0.2, 0.25) is 0 Å². The van der Waals surface area contributed by atoms with Crippen LogP contribution in [-0.4, -0.2) is 47.9 Å². The fourth-order valence-electron chi connectivity index (χ4n) is 1.07. The zero-order chi connectivity index (χ0) is 20.2. The molecule has 0 saturated carbocycles. The monoisotopic (exact) mass is 418 g/mol. The topological polar surface area (TPSA) is 40.1 Å². The molecule has 0 aromatic rings. The molecule has 0 amide bonds. The third-order valence-electron chi connectivity index (χ3n) is 2.53. The Kier molecular flexibility index (Phi) is 7.38. The van der Waals surface area contributed by atoms with Crippen molar-refractivity contribution < 1.29 is 101 Å². The largest absolute Gasteiger partial charge is 1.00 e. The number of aliphatic carboxylic acids is 1. The summed E-state index contributed by atoms with van der Waals surface area (Å²) in [6.07, 6.45) is -5.80. The Labute approximate surface area is 149 Å². The molecule has 0 spiro atoms. The number of halogens is 14. The van der Waals surface area contributed by atoms with Gasteiger partial charge in [-0.05, 0) is 0 Å². The fraction of sp³-hybridized carbons (Fsp3) is 0.875. The van der Waals surface area contributed by atoms with Crippen molar-refractivity contribution in [2.24, 2.45) is 0 Å². The average molecular weight is 418 g/mol. The number of rotatable bonds is 7. The summed E-state index contributed by atoms with van der Waals surface area (Å²) in [5.74, 6) is -51.4. The molecule has 2 nitrogen and oxygen atoms in total. The molecule has 0 atom stereocenters. The van der Waals surface area contributed by atoms with E-state index >= 15 is 0 Å². The molecule has 0 saturated heterocycles. The first kappa shape index (κ1) is 26.7. The first-order chi connectivity index (χ1) is 10.1. The van der Waals surface area contributed by atoms with Gasteiger partial charge in [0.05, 0.1) is 0 Å². The Morgan fingerprint density at radius 1 is 0.640 bits per heavy atom. The second kappa shape index (κ2) is 6.90. The molecule has 0 radical (unpaired) electrons. The number of hydrogen-bond donors (Lipinski definition) is 0. The second-order valence-corrected chi connectivity index (χ2v) is 4.08. The Balaban J connectivity index is 0. The van der Waals surface area contributed by atoms with Gasteiger partial charge in [0.1, 0.15) is 5.97 Å². The van der Waals surface area contributed by atoms with E-state index in [4.69, 9.17) is 0 Å². The van der Waals surface area contributed by atoms with Gasteiger partial charge in [-0.3, -0.25) is 0 Å². The van der Waals surface area contributed by atoms with E-state index in [1.165, 1.54) is 0 Å². The summed E-state index contributed by atoms with van der Waals surface area (Å²) in [6.45, 7) is 0. The minimum atomic E-state index is -8.23. The zero-order valence-corrected chi connectivity index (χ0v) is 13.2. The molecule has 0 rings (SSSR count). The molecule has 0 fully saturated rings. The van der Waals surface area contributed by atoms with E-state index in [2.05, 4.69) is 0 Å². The molecular formula is C8HF14NaO2. The average Bonchev–Trinajstić information content (AvgIpc) is 2.36. The first-order valence-corrected chi connectivity index (χ1v) is 4.90. The summed E-state index contributed by atoms with van der Waals surface area (Å²) >= 11 is 0. The van der Waals surface area contributed by atoms with Crippen LogP contribution >= 0.6 is 0 Å². The van der Waals surface area contributed by atoms with Crippen LogP contribution in [0.15, 0.2) is 0 Å². The third kappa shape index (κ3) is 3.40. The molecule has 0 aliphatic rings. The van der Waals surface area contributed by atoms with Gasteiger partial charge in [-0.1, -0.05) is 0 Å². The van der Waals surface area contributed by atoms with Crippen molar-refractivity contribution in [3.05, 3.63) is 0 Å². The third-order valence-corrected chi connectivity index (χ3v) is 2.53. The molecule has 0 unspecified atom stereocenters. The minimum Gasteiger partial charge on any atom is -0.544 e. The van der Waals surface area contributed by atoms with E-state index in [1.54, 1.807) is 0 Å². The van der Waals surface area contributed by atoms with E-state index in [0.29, 0.717) is 0 Å². The van der Waals surface area contributed by atoms with Crippen LogP contribution in [0.1, 0.15) is 0 Å². The van der Waals surface area contributed by atoms with Gasteiger partial charge in [0.25, 0.3) is 0 Å². The molecule has 0 aromatic heterocycles. The molecule has 0 aliphatic carbocycles. The Morgan fingerprint density at radius 2 is 0.920 bits per heavy atom. The summed E-state index contributed by atoms with van der Waals surface area (Å²) < 4.78 is 174. The van der Waals surface area contributed by atoms with Gasteiger partial charge < -0.3 is 9.90 Å². The maximum atomic E-state index is 12.8. The number of alkyl halides is 14. The predicted octanol–water partition coefficient (Wildman–Crippen LogP) is -0.183. The maximum absolute atomic E-state index is 12.8. The van der Waals surface area contributed by atoms with E-state index in [0.717, 1.165) is 0 Å². The molecule has 0 aliphatic heterocycles.